The third-order valence-electron chi connectivity index (χ3n) is 4.19. The van der Waals surface area contributed by atoms with E-state index in [9.17, 15) is 0 Å². The second-order valence-corrected chi connectivity index (χ2v) is 6.67. The fourth-order valence-electron chi connectivity index (χ4n) is 2.75. The maximum atomic E-state index is 4.10. The van der Waals surface area contributed by atoms with Gasteiger partial charge in [-0.1, -0.05) is 27.7 Å². The van der Waals surface area contributed by atoms with Crippen LogP contribution in [0.25, 0.3) is 0 Å². The summed E-state index contributed by atoms with van der Waals surface area (Å²) in [6.45, 7) is 12.5. The molecule has 2 unspecified atom stereocenters. The number of pyridine rings is 1. The molecule has 1 fully saturated rings. The van der Waals surface area contributed by atoms with Crippen LogP contribution in [-0.4, -0.2) is 35.1 Å². The van der Waals surface area contributed by atoms with Crippen LogP contribution in [0.5, 0.6) is 0 Å². The summed E-state index contributed by atoms with van der Waals surface area (Å²) in [4.78, 5) is 6.73. The van der Waals surface area contributed by atoms with Crippen molar-refractivity contribution in [2.45, 2.75) is 52.7 Å². The van der Waals surface area contributed by atoms with E-state index in [1.165, 1.54) is 12.0 Å². The quantitative estimate of drug-likeness (QED) is 0.906. The first-order chi connectivity index (χ1) is 9.00. The minimum absolute atomic E-state index is 0.315. The summed E-state index contributed by atoms with van der Waals surface area (Å²) in [5.41, 5.74) is 1.68. The van der Waals surface area contributed by atoms with Gasteiger partial charge in [-0.15, -0.1) is 0 Å². The van der Waals surface area contributed by atoms with Gasteiger partial charge >= 0.3 is 0 Å². The Morgan fingerprint density at radius 2 is 2.00 bits per heavy atom. The van der Waals surface area contributed by atoms with Gasteiger partial charge in [0.1, 0.15) is 0 Å². The number of aromatic nitrogens is 1. The molecule has 0 amide bonds. The molecule has 2 heterocycles. The number of hydrogen-bond acceptors (Lipinski definition) is 3. The van der Waals surface area contributed by atoms with Crippen molar-refractivity contribution in [3.63, 3.8) is 0 Å². The standard InChI is InChI=1S/C16H27N3/c1-5-14-10-18-15(16(2,3)4)12-19(14)11-13-6-8-17-9-7-13/h6-9,14-15,18H,5,10-12H2,1-4H3. The maximum Gasteiger partial charge on any atom is 0.0271 e. The van der Waals surface area contributed by atoms with Crippen LogP contribution in [0, 0.1) is 5.41 Å². The van der Waals surface area contributed by atoms with Crippen molar-refractivity contribution in [2.75, 3.05) is 13.1 Å². The van der Waals surface area contributed by atoms with Gasteiger partial charge in [-0.25, -0.2) is 0 Å². The molecular formula is C16H27N3. The molecular weight excluding hydrogens is 234 g/mol. The van der Waals surface area contributed by atoms with Crippen LogP contribution >= 0.6 is 0 Å². The second kappa shape index (κ2) is 6.02. The molecule has 0 saturated carbocycles. The summed E-state index contributed by atoms with van der Waals surface area (Å²) in [7, 11) is 0. The minimum Gasteiger partial charge on any atom is -0.311 e. The summed E-state index contributed by atoms with van der Waals surface area (Å²) < 4.78 is 0. The van der Waals surface area contributed by atoms with E-state index in [1.54, 1.807) is 0 Å². The van der Waals surface area contributed by atoms with Gasteiger partial charge < -0.3 is 5.32 Å². The lowest BCUT2D eigenvalue weighted by atomic mass is 9.84. The van der Waals surface area contributed by atoms with E-state index in [2.05, 4.69) is 55.0 Å². The van der Waals surface area contributed by atoms with Gasteiger partial charge in [0.15, 0.2) is 0 Å². The molecule has 2 rings (SSSR count). The average Bonchev–Trinajstić information content (AvgIpc) is 2.39. The van der Waals surface area contributed by atoms with Crippen molar-refractivity contribution >= 4 is 0 Å². The van der Waals surface area contributed by atoms with Crippen LogP contribution in [-0.2, 0) is 6.54 Å². The molecule has 1 aliphatic rings. The van der Waals surface area contributed by atoms with Gasteiger partial charge in [-0.3, -0.25) is 9.88 Å². The van der Waals surface area contributed by atoms with E-state index < -0.39 is 0 Å². The van der Waals surface area contributed by atoms with E-state index in [-0.39, 0.29) is 0 Å². The molecule has 1 N–H and O–H groups in total. The highest BCUT2D eigenvalue weighted by molar-refractivity contribution is 5.10. The van der Waals surface area contributed by atoms with Crippen molar-refractivity contribution in [1.82, 2.24) is 15.2 Å². The van der Waals surface area contributed by atoms with Crippen LogP contribution in [0.2, 0.25) is 0 Å². The summed E-state index contributed by atoms with van der Waals surface area (Å²) in [6, 6.07) is 5.46. The number of hydrogen-bond donors (Lipinski definition) is 1. The Morgan fingerprint density at radius 1 is 1.32 bits per heavy atom. The Hall–Kier alpha value is -0.930. The highest BCUT2D eigenvalue weighted by Crippen LogP contribution is 2.25. The van der Waals surface area contributed by atoms with E-state index in [1.807, 2.05) is 12.4 Å². The minimum atomic E-state index is 0.315. The number of piperazine rings is 1. The smallest absolute Gasteiger partial charge is 0.0271 e. The summed E-state index contributed by atoms with van der Waals surface area (Å²) in [5, 5.41) is 3.72. The van der Waals surface area contributed by atoms with Gasteiger partial charge in [0.25, 0.3) is 0 Å². The summed E-state index contributed by atoms with van der Waals surface area (Å²) >= 11 is 0. The summed E-state index contributed by atoms with van der Waals surface area (Å²) in [5.74, 6) is 0. The molecule has 0 bridgehead atoms. The molecule has 0 aliphatic carbocycles. The number of nitrogens with one attached hydrogen (secondary N) is 1. The first-order valence-electron chi connectivity index (χ1n) is 7.37. The van der Waals surface area contributed by atoms with Gasteiger partial charge in [-0.05, 0) is 29.5 Å². The molecule has 0 radical (unpaired) electrons. The normalized spacial score (nSPS) is 25.5. The van der Waals surface area contributed by atoms with Crippen molar-refractivity contribution in [3.05, 3.63) is 30.1 Å². The fraction of sp³-hybridized carbons (Fsp3) is 0.688. The van der Waals surface area contributed by atoms with Crippen molar-refractivity contribution in [3.8, 4) is 0 Å². The number of rotatable bonds is 3. The van der Waals surface area contributed by atoms with Gasteiger partial charge in [0.2, 0.25) is 0 Å². The molecule has 1 aromatic rings. The SMILES string of the molecule is CCC1CNC(C(C)(C)C)CN1Cc1ccncc1. The predicted molar refractivity (Wildman–Crippen MR) is 80.0 cm³/mol. The topological polar surface area (TPSA) is 28.2 Å². The van der Waals surface area contributed by atoms with Crippen molar-refractivity contribution < 1.29 is 0 Å². The van der Waals surface area contributed by atoms with Gasteiger partial charge in [0, 0.05) is 44.1 Å². The average molecular weight is 261 g/mol. The third-order valence-corrected chi connectivity index (χ3v) is 4.19. The third kappa shape index (κ3) is 3.77. The van der Waals surface area contributed by atoms with E-state index >= 15 is 0 Å². The largest absolute Gasteiger partial charge is 0.311 e. The van der Waals surface area contributed by atoms with Crippen LogP contribution in [0.1, 0.15) is 39.7 Å². The Kier molecular flexibility index (Phi) is 4.58. The molecule has 19 heavy (non-hydrogen) atoms. The first-order valence-corrected chi connectivity index (χ1v) is 7.37. The first kappa shape index (κ1) is 14.5. The molecule has 2 atom stereocenters. The van der Waals surface area contributed by atoms with Gasteiger partial charge in [0.05, 0.1) is 0 Å². The Morgan fingerprint density at radius 3 is 2.58 bits per heavy atom. The molecule has 1 aromatic heterocycles. The van der Waals surface area contributed by atoms with Gasteiger partial charge in [-0.2, -0.15) is 0 Å². The monoisotopic (exact) mass is 261 g/mol. The zero-order chi connectivity index (χ0) is 13.9. The van der Waals surface area contributed by atoms with E-state index in [4.69, 9.17) is 0 Å². The maximum absolute atomic E-state index is 4.10. The zero-order valence-electron chi connectivity index (χ0n) is 12.7. The molecule has 106 valence electrons. The van der Waals surface area contributed by atoms with Crippen LogP contribution < -0.4 is 5.32 Å². The van der Waals surface area contributed by atoms with Crippen molar-refractivity contribution in [1.29, 1.82) is 0 Å². The summed E-state index contributed by atoms with van der Waals surface area (Å²) in [6.07, 6.45) is 4.98. The predicted octanol–water partition coefficient (Wildman–Crippen LogP) is 2.68. The zero-order valence-corrected chi connectivity index (χ0v) is 12.7. The molecule has 3 nitrogen and oxygen atoms in total. The Bertz CT molecular complexity index is 383. The molecule has 3 heteroatoms. The second-order valence-electron chi connectivity index (χ2n) is 6.67. The van der Waals surface area contributed by atoms with Crippen LogP contribution in [0.4, 0.5) is 0 Å². The number of nitrogens with zero attached hydrogens (tertiary/aromatic N) is 2. The van der Waals surface area contributed by atoms with E-state index in [0.717, 1.165) is 19.6 Å². The lowest BCUT2D eigenvalue weighted by Crippen LogP contribution is -2.59. The fourth-order valence-corrected chi connectivity index (χ4v) is 2.75. The molecule has 1 aliphatic heterocycles. The van der Waals surface area contributed by atoms with Crippen LogP contribution in [0.15, 0.2) is 24.5 Å². The lowest BCUT2D eigenvalue weighted by molar-refractivity contribution is 0.0775. The Labute approximate surface area is 117 Å². The van der Waals surface area contributed by atoms with Crippen molar-refractivity contribution in [2.24, 2.45) is 5.41 Å². The molecule has 0 spiro atoms. The lowest BCUT2D eigenvalue weighted by Gasteiger charge is -2.45. The Balaban J connectivity index is 2.06. The molecule has 0 aromatic carbocycles. The van der Waals surface area contributed by atoms with E-state index in [0.29, 0.717) is 17.5 Å². The molecule has 1 saturated heterocycles. The highest BCUT2D eigenvalue weighted by atomic mass is 15.2. The highest BCUT2D eigenvalue weighted by Gasteiger charge is 2.33. The van der Waals surface area contributed by atoms with Crippen LogP contribution in [0.3, 0.4) is 0 Å².